The molecule has 9 nitrogen and oxygen atoms in total. The Morgan fingerprint density at radius 3 is 2.29 bits per heavy atom. The van der Waals surface area contributed by atoms with Crippen LogP contribution in [0.5, 0.6) is 0 Å². The van der Waals surface area contributed by atoms with Crippen molar-refractivity contribution in [2.75, 3.05) is 52.4 Å². The molecule has 2 aliphatic heterocycles. The van der Waals surface area contributed by atoms with Crippen molar-refractivity contribution in [1.82, 2.24) is 18.8 Å². The summed E-state index contributed by atoms with van der Waals surface area (Å²) < 4.78 is 33.9. The number of carbonyl (C=O) groups is 2. The topological polar surface area (TPSA) is 99.3 Å². The normalized spacial score (nSPS) is 23.4. The van der Waals surface area contributed by atoms with E-state index in [9.17, 15) is 18.0 Å². The first-order chi connectivity index (χ1) is 13.0. The molecule has 1 atom stereocenters. The second kappa shape index (κ2) is 9.51. The van der Waals surface area contributed by atoms with Gasteiger partial charge in [0.2, 0.25) is 5.91 Å². The molecular formula is C18H34N4O5S. The summed E-state index contributed by atoms with van der Waals surface area (Å²) in [5, 5.41) is 2.92. The van der Waals surface area contributed by atoms with E-state index in [2.05, 4.69) is 5.32 Å². The number of piperidine rings is 1. The predicted octanol–water partition coefficient (Wildman–Crippen LogP) is 0.0386. The van der Waals surface area contributed by atoms with E-state index in [0.717, 1.165) is 0 Å². The van der Waals surface area contributed by atoms with Crippen LogP contribution in [0, 0.1) is 5.92 Å². The Morgan fingerprint density at radius 1 is 1.07 bits per heavy atom. The molecule has 2 saturated heterocycles. The molecule has 0 aliphatic carbocycles. The smallest absolute Gasteiger partial charge is 0.310 e. The summed E-state index contributed by atoms with van der Waals surface area (Å²) in [5.74, 6) is -0.778. The van der Waals surface area contributed by atoms with Crippen LogP contribution in [0.1, 0.15) is 40.5 Å². The Balaban J connectivity index is 1.88. The average molecular weight is 419 g/mol. The van der Waals surface area contributed by atoms with Crippen molar-refractivity contribution in [2.24, 2.45) is 5.92 Å². The lowest BCUT2D eigenvalue weighted by molar-refractivity contribution is -0.149. The first kappa shape index (κ1) is 23.1. The molecule has 1 N–H and O–H groups in total. The van der Waals surface area contributed by atoms with Gasteiger partial charge in [-0.1, -0.05) is 0 Å². The number of hydrogen-bond donors (Lipinski definition) is 1. The minimum absolute atomic E-state index is 0.0582. The molecule has 10 heteroatoms. The molecule has 2 rings (SSSR count). The largest absolute Gasteiger partial charge is 0.466 e. The molecular weight excluding hydrogens is 384 g/mol. The Bertz CT molecular complexity index is 653. The van der Waals surface area contributed by atoms with E-state index in [1.165, 1.54) is 8.61 Å². The summed E-state index contributed by atoms with van der Waals surface area (Å²) in [6.45, 7) is 10.4. The standard InChI is InChI=1S/C18H34N4O5S/c1-5-27-17(24)15-7-6-8-22(13-15)28(25,26)21-11-9-20(10-12-21)14-16(23)19-18(2,3)4/h15H,5-14H2,1-4H3,(H,19,23)/t15-/m0/s1. The van der Waals surface area contributed by atoms with Crippen LogP contribution >= 0.6 is 0 Å². The SMILES string of the molecule is CCOC(=O)[C@H]1CCCN(S(=O)(=O)N2CCN(CC(=O)NC(C)(C)C)CC2)C1. The number of amides is 1. The number of esters is 1. The lowest BCUT2D eigenvalue weighted by atomic mass is 10.0. The van der Waals surface area contributed by atoms with Gasteiger partial charge in [-0.05, 0) is 40.5 Å². The zero-order valence-corrected chi connectivity index (χ0v) is 18.3. The monoisotopic (exact) mass is 418 g/mol. The summed E-state index contributed by atoms with van der Waals surface area (Å²) in [6, 6.07) is 0. The number of carbonyl (C=O) groups excluding carboxylic acids is 2. The van der Waals surface area contributed by atoms with Gasteiger partial charge in [0.25, 0.3) is 10.2 Å². The van der Waals surface area contributed by atoms with Crippen LogP contribution in [-0.2, 0) is 24.5 Å². The van der Waals surface area contributed by atoms with Crippen LogP contribution < -0.4 is 5.32 Å². The van der Waals surface area contributed by atoms with Crippen molar-refractivity contribution in [3.05, 3.63) is 0 Å². The molecule has 0 aromatic rings. The van der Waals surface area contributed by atoms with E-state index in [0.29, 0.717) is 52.2 Å². The van der Waals surface area contributed by atoms with E-state index >= 15 is 0 Å². The molecule has 162 valence electrons. The van der Waals surface area contributed by atoms with Crippen LogP contribution in [0.3, 0.4) is 0 Å². The minimum Gasteiger partial charge on any atom is -0.466 e. The molecule has 0 saturated carbocycles. The van der Waals surface area contributed by atoms with Gasteiger partial charge in [-0.3, -0.25) is 14.5 Å². The van der Waals surface area contributed by atoms with Crippen LogP contribution in [0.25, 0.3) is 0 Å². The maximum absolute atomic E-state index is 13.0. The fourth-order valence-corrected chi connectivity index (χ4v) is 5.23. The van der Waals surface area contributed by atoms with Gasteiger partial charge in [-0.2, -0.15) is 17.0 Å². The molecule has 0 bridgehead atoms. The van der Waals surface area contributed by atoms with Gasteiger partial charge in [0.05, 0.1) is 19.1 Å². The molecule has 2 fully saturated rings. The van der Waals surface area contributed by atoms with Crippen LogP contribution in [0.4, 0.5) is 0 Å². The Labute approximate surface area is 168 Å². The van der Waals surface area contributed by atoms with Crippen molar-refractivity contribution in [1.29, 1.82) is 0 Å². The highest BCUT2D eigenvalue weighted by atomic mass is 32.2. The summed E-state index contributed by atoms with van der Waals surface area (Å²) in [7, 11) is -3.62. The first-order valence-electron chi connectivity index (χ1n) is 9.98. The van der Waals surface area contributed by atoms with Crippen molar-refractivity contribution in [3.63, 3.8) is 0 Å². The summed E-state index contributed by atoms with van der Waals surface area (Å²) >= 11 is 0. The lowest BCUT2D eigenvalue weighted by Crippen LogP contribution is -2.56. The second-order valence-electron chi connectivity index (χ2n) is 8.43. The van der Waals surface area contributed by atoms with Gasteiger partial charge in [-0.15, -0.1) is 0 Å². The molecule has 0 spiro atoms. The second-order valence-corrected chi connectivity index (χ2v) is 10.4. The van der Waals surface area contributed by atoms with Gasteiger partial charge in [0, 0.05) is 44.8 Å². The molecule has 0 aromatic heterocycles. The van der Waals surface area contributed by atoms with Crippen LogP contribution in [0.15, 0.2) is 0 Å². The molecule has 28 heavy (non-hydrogen) atoms. The third-order valence-electron chi connectivity index (χ3n) is 4.87. The zero-order chi connectivity index (χ0) is 20.9. The molecule has 2 heterocycles. The van der Waals surface area contributed by atoms with Crippen molar-refractivity contribution < 1.29 is 22.7 Å². The van der Waals surface area contributed by atoms with Crippen molar-refractivity contribution in [2.45, 2.75) is 46.1 Å². The molecule has 0 radical (unpaired) electrons. The average Bonchev–Trinajstić information content (AvgIpc) is 2.61. The van der Waals surface area contributed by atoms with Crippen molar-refractivity contribution >= 4 is 22.1 Å². The molecule has 1 amide bonds. The highest BCUT2D eigenvalue weighted by Gasteiger charge is 2.37. The van der Waals surface area contributed by atoms with Gasteiger partial charge >= 0.3 is 5.97 Å². The summed E-state index contributed by atoms with van der Waals surface area (Å²) in [5.41, 5.74) is -0.286. The Morgan fingerprint density at radius 2 is 1.71 bits per heavy atom. The highest BCUT2D eigenvalue weighted by Crippen LogP contribution is 2.23. The highest BCUT2D eigenvalue weighted by molar-refractivity contribution is 7.86. The van der Waals surface area contributed by atoms with Crippen LogP contribution in [-0.4, -0.2) is 91.8 Å². The maximum Gasteiger partial charge on any atom is 0.310 e. The molecule has 0 aromatic carbocycles. The van der Waals surface area contributed by atoms with Gasteiger partial charge in [0.15, 0.2) is 0 Å². The Hall–Kier alpha value is -1.23. The van der Waals surface area contributed by atoms with Crippen molar-refractivity contribution in [3.8, 4) is 0 Å². The first-order valence-corrected chi connectivity index (χ1v) is 11.4. The number of ether oxygens (including phenoxy) is 1. The zero-order valence-electron chi connectivity index (χ0n) is 17.4. The molecule has 0 unspecified atom stereocenters. The van der Waals surface area contributed by atoms with Gasteiger partial charge in [0.1, 0.15) is 0 Å². The number of nitrogens with zero attached hydrogens (tertiary/aromatic N) is 3. The van der Waals surface area contributed by atoms with E-state index < -0.39 is 16.1 Å². The summed E-state index contributed by atoms with van der Waals surface area (Å²) in [6.07, 6.45) is 1.30. The van der Waals surface area contributed by atoms with E-state index in [1.54, 1.807) is 6.92 Å². The van der Waals surface area contributed by atoms with E-state index in [-0.39, 0.29) is 30.5 Å². The van der Waals surface area contributed by atoms with Gasteiger partial charge in [-0.25, -0.2) is 0 Å². The fourth-order valence-electron chi connectivity index (χ4n) is 3.55. The fraction of sp³-hybridized carbons (Fsp3) is 0.889. The number of nitrogens with one attached hydrogen (secondary N) is 1. The number of rotatable bonds is 6. The van der Waals surface area contributed by atoms with E-state index in [1.807, 2.05) is 25.7 Å². The van der Waals surface area contributed by atoms with Gasteiger partial charge < -0.3 is 10.1 Å². The third kappa shape index (κ3) is 6.40. The summed E-state index contributed by atoms with van der Waals surface area (Å²) in [4.78, 5) is 26.0. The lowest BCUT2D eigenvalue weighted by Gasteiger charge is -2.38. The third-order valence-corrected chi connectivity index (χ3v) is 6.87. The molecule has 2 aliphatic rings. The Kier molecular flexibility index (Phi) is 7.83. The quantitative estimate of drug-likeness (QED) is 0.612. The minimum atomic E-state index is -3.62. The van der Waals surface area contributed by atoms with Crippen LogP contribution in [0.2, 0.25) is 0 Å². The predicted molar refractivity (Wildman–Crippen MR) is 106 cm³/mol. The number of piperazine rings is 1. The van der Waals surface area contributed by atoms with E-state index in [4.69, 9.17) is 4.74 Å². The maximum atomic E-state index is 13.0. The number of hydrogen-bond acceptors (Lipinski definition) is 6.